The molecule has 0 aliphatic heterocycles. The third-order valence-corrected chi connectivity index (χ3v) is 2.71. The van der Waals surface area contributed by atoms with Gasteiger partial charge in [0.05, 0.1) is 12.2 Å². The van der Waals surface area contributed by atoms with E-state index in [9.17, 15) is 0 Å². The number of rotatable bonds is 7. The SMILES string of the molecule is COCCCNc1nc(C)cn1Cc1cc(C)on1. The minimum absolute atomic E-state index is 0.658. The molecule has 0 unspecified atom stereocenters. The van der Waals surface area contributed by atoms with E-state index in [2.05, 4.69) is 15.5 Å². The summed E-state index contributed by atoms with van der Waals surface area (Å²) in [5.74, 6) is 1.68. The molecule has 0 aliphatic rings. The zero-order valence-corrected chi connectivity index (χ0v) is 11.6. The van der Waals surface area contributed by atoms with Gasteiger partial charge < -0.3 is 19.1 Å². The van der Waals surface area contributed by atoms with E-state index in [0.717, 1.165) is 42.7 Å². The molecule has 1 N–H and O–H groups in total. The smallest absolute Gasteiger partial charge is 0.203 e. The number of nitrogens with one attached hydrogen (secondary N) is 1. The van der Waals surface area contributed by atoms with Crippen LogP contribution >= 0.6 is 0 Å². The van der Waals surface area contributed by atoms with Crippen molar-refractivity contribution in [1.82, 2.24) is 14.7 Å². The molecule has 0 radical (unpaired) electrons. The maximum absolute atomic E-state index is 5.08. The van der Waals surface area contributed by atoms with Crippen LogP contribution in [0.25, 0.3) is 0 Å². The number of methoxy groups -OCH3 is 1. The molecule has 0 amide bonds. The van der Waals surface area contributed by atoms with E-state index >= 15 is 0 Å². The summed E-state index contributed by atoms with van der Waals surface area (Å²) in [5, 5.41) is 7.31. The molecule has 0 spiro atoms. The van der Waals surface area contributed by atoms with E-state index in [1.165, 1.54) is 0 Å². The average molecular weight is 264 g/mol. The van der Waals surface area contributed by atoms with Gasteiger partial charge in [0.15, 0.2) is 0 Å². The van der Waals surface area contributed by atoms with Gasteiger partial charge in [-0.1, -0.05) is 5.16 Å². The summed E-state index contributed by atoms with van der Waals surface area (Å²) < 4.78 is 12.1. The lowest BCUT2D eigenvalue weighted by Crippen LogP contribution is -2.10. The van der Waals surface area contributed by atoms with E-state index < -0.39 is 0 Å². The van der Waals surface area contributed by atoms with Crippen LogP contribution in [0.3, 0.4) is 0 Å². The first-order valence-electron chi connectivity index (χ1n) is 6.38. The van der Waals surface area contributed by atoms with E-state index in [1.54, 1.807) is 7.11 Å². The number of hydrogen-bond acceptors (Lipinski definition) is 5. The predicted octanol–water partition coefficient (Wildman–Crippen LogP) is 1.98. The normalized spacial score (nSPS) is 10.9. The van der Waals surface area contributed by atoms with Gasteiger partial charge >= 0.3 is 0 Å². The van der Waals surface area contributed by atoms with Crippen molar-refractivity contribution in [2.24, 2.45) is 0 Å². The van der Waals surface area contributed by atoms with Gasteiger partial charge in [-0.15, -0.1) is 0 Å². The Morgan fingerprint density at radius 3 is 2.95 bits per heavy atom. The number of ether oxygens (including phenoxy) is 1. The Labute approximate surface area is 112 Å². The highest BCUT2D eigenvalue weighted by atomic mass is 16.5. The molecule has 0 fully saturated rings. The first kappa shape index (κ1) is 13.6. The number of aryl methyl sites for hydroxylation is 2. The van der Waals surface area contributed by atoms with Crippen molar-refractivity contribution in [3.63, 3.8) is 0 Å². The molecule has 0 aliphatic carbocycles. The topological polar surface area (TPSA) is 65.1 Å². The lowest BCUT2D eigenvalue weighted by Gasteiger charge is -2.07. The van der Waals surface area contributed by atoms with E-state index in [4.69, 9.17) is 9.26 Å². The van der Waals surface area contributed by atoms with E-state index in [-0.39, 0.29) is 0 Å². The van der Waals surface area contributed by atoms with E-state index in [1.807, 2.05) is 30.7 Å². The van der Waals surface area contributed by atoms with Crippen molar-refractivity contribution >= 4 is 5.95 Å². The molecular weight excluding hydrogens is 244 g/mol. The highest BCUT2D eigenvalue weighted by Gasteiger charge is 2.08. The molecule has 2 aromatic rings. The average Bonchev–Trinajstić information content (AvgIpc) is 2.92. The maximum Gasteiger partial charge on any atom is 0.203 e. The summed E-state index contributed by atoms with van der Waals surface area (Å²) in [6.45, 7) is 6.10. The predicted molar refractivity (Wildman–Crippen MR) is 72.3 cm³/mol. The third kappa shape index (κ3) is 3.82. The molecule has 0 aromatic carbocycles. The van der Waals surface area contributed by atoms with Crippen LogP contribution in [0, 0.1) is 13.8 Å². The first-order chi connectivity index (χ1) is 9.19. The van der Waals surface area contributed by atoms with Gasteiger partial charge in [-0.05, 0) is 20.3 Å². The lowest BCUT2D eigenvalue weighted by atomic mass is 10.4. The van der Waals surface area contributed by atoms with Crippen LogP contribution in [-0.2, 0) is 11.3 Å². The summed E-state index contributed by atoms with van der Waals surface area (Å²) in [5.41, 5.74) is 1.88. The van der Waals surface area contributed by atoms with Crippen LogP contribution in [0.15, 0.2) is 16.8 Å². The van der Waals surface area contributed by atoms with Crippen molar-refractivity contribution in [2.45, 2.75) is 26.8 Å². The van der Waals surface area contributed by atoms with Crippen molar-refractivity contribution in [3.8, 4) is 0 Å². The molecule has 0 saturated carbocycles. The Morgan fingerprint density at radius 2 is 2.26 bits per heavy atom. The minimum atomic E-state index is 0.658. The summed E-state index contributed by atoms with van der Waals surface area (Å²) in [7, 11) is 1.71. The zero-order valence-electron chi connectivity index (χ0n) is 11.6. The molecule has 2 rings (SSSR count). The lowest BCUT2D eigenvalue weighted by molar-refractivity contribution is 0.197. The second kappa shape index (κ2) is 6.38. The van der Waals surface area contributed by atoms with Crippen LogP contribution in [-0.4, -0.2) is 35.0 Å². The summed E-state index contributed by atoms with van der Waals surface area (Å²) in [6, 6.07) is 1.93. The van der Waals surface area contributed by atoms with Crippen LogP contribution in [0.4, 0.5) is 5.95 Å². The maximum atomic E-state index is 5.08. The highest BCUT2D eigenvalue weighted by Crippen LogP contribution is 2.12. The highest BCUT2D eigenvalue weighted by molar-refractivity contribution is 5.29. The van der Waals surface area contributed by atoms with E-state index in [0.29, 0.717) is 6.54 Å². The Bertz CT molecular complexity index is 518. The fourth-order valence-electron chi connectivity index (χ4n) is 1.89. The van der Waals surface area contributed by atoms with Gasteiger partial charge in [-0.25, -0.2) is 4.98 Å². The summed E-state index contributed by atoms with van der Waals surface area (Å²) in [4.78, 5) is 4.46. The van der Waals surface area contributed by atoms with Gasteiger partial charge in [0.1, 0.15) is 11.5 Å². The fourth-order valence-corrected chi connectivity index (χ4v) is 1.89. The largest absolute Gasteiger partial charge is 0.385 e. The minimum Gasteiger partial charge on any atom is -0.385 e. The van der Waals surface area contributed by atoms with Crippen LogP contribution < -0.4 is 5.32 Å². The molecule has 0 atom stereocenters. The Morgan fingerprint density at radius 1 is 1.42 bits per heavy atom. The molecule has 0 saturated heterocycles. The standard InChI is InChI=1S/C13H20N4O2/c1-10-8-17(9-12-7-11(2)19-16-12)13(15-10)14-5-4-6-18-3/h7-8H,4-6,9H2,1-3H3,(H,14,15). The van der Waals surface area contributed by atoms with Crippen LogP contribution in [0.5, 0.6) is 0 Å². The fraction of sp³-hybridized carbons (Fsp3) is 0.538. The molecular formula is C13H20N4O2. The molecule has 6 heteroatoms. The Balaban J connectivity index is 1.99. The monoisotopic (exact) mass is 264 g/mol. The van der Waals surface area contributed by atoms with Gasteiger partial charge in [0, 0.05) is 32.5 Å². The van der Waals surface area contributed by atoms with Crippen molar-refractivity contribution in [3.05, 3.63) is 29.4 Å². The third-order valence-electron chi connectivity index (χ3n) is 2.71. The number of hydrogen-bond donors (Lipinski definition) is 1. The Hall–Kier alpha value is -1.82. The van der Waals surface area contributed by atoms with Gasteiger partial charge in [0.25, 0.3) is 0 Å². The molecule has 104 valence electrons. The number of anilines is 1. The summed E-state index contributed by atoms with van der Waals surface area (Å²) in [6.07, 6.45) is 2.95. The Kier molecular flexibility index (Phi) is 4.57. The van der Waals surface area contributed by atoms with Gasteiger partial charge in [-0.3, -0.25) is 0 Å². The van der Waals surface area contributed by atoms with Crippen molar-refractivity contribution < 1.29 is 9.26 Å². The quantitative estimate of drug-likeness (QED) is 0.775. The molecule has 19 heavy (non-hydrogen) atoms. The second-order valence-corrected chi connectivity index (χ2v) is 4.54. The first-order valence-corrected chi connectivity index (χ1v) is 6.38. The molecule has 0 bridgehead atoms. The number of aromatic nitrogens is 3. The van der Waals surface area contributed by atoms with Crippen molar-refractivity contribution in [1.29, 1.82) is 0 Å². The van der Waals surface area contributed by atoms with Crippen molar-refractivity contribution in [2.75, 3.05) is 25.6 Å². The second-order valence-electron chi connectivity index (χ2n) is 4.54. The van der Waals surface area contributed by atoms with Gasteiger partial charge in [-0.2, -0.15) is 0 Å². The number of nitrogens with zero attached hydrogens (tertiary/aromatic N) is 3. The number of imidazole rings is 1. The van der Waals surface area contributed by atoms with Crippen LogP contribution in [0.1, 0.15) is 23.6 Å². The molecule has 2 heterocycles. The molecule has 6 nitrogen and oxygen atoms in total. The van der Waals surface area contributed by atoms with Gasteiger partial charge in [0.2, 0.25) is 5.95 Å². The zero-order chi connectivity index (χ0) is 13.7. The van der Waals surface area contributed by atoms with Crippen LogP contribution in [0.2, 0.25) is 0 Å². The summed E-state index contributed by atoms with van der Waals surface area (Å²) >= 11 is 0. The molecule has 2 aromatic heterocycles.